The lowest BCUT2D eigenvalue weighted by Crippen LogP contribution is -2.59. The Bertz CT molecular complexity index is 1390. The van der Waals surface area contributed by atoms with E-state index in [0.717, 1.165) is 10.9 Å². The third-order valence-electron chi connectivity index (χ3n) is 6.75. The number of carbonyl (C=O) groups excluding carboxylic acids is 5. The van der Waals surface area contributed by atoms with Gasteiger partial charge in [0.1, 0.15) is 30.2 Å². The minimum absolute atomic E-state index is 0.0695. The van der Waals surface area contributed by atoms with Gasteiger partial charge in [-0.25, -0.2) is 0 Å². The Morgan fingerprint density at radius 2 is 1.26 bits per heavy atom. The fraction of sp³-hybridized carbons (Fsp3) is 0.444. The first-order valence-corrected chi connectivity index (χ1v) is 13.3. The molecule has 1 saturated heterocycles. The Balaban J connectivity index is 2.03. The standard InChI is InChI=1S/C27H34N6O9/c1-12(2)22-27(42)29-13(3)23(38)30-17(8-14-11-28-16-7-5-4-6-15(14)16)24(39)31-18(9-20(34)35)25(40)32-19(10-21(36)37)26(41)33-22/h4-7,11-13,17-19,22,28H,8-10H2,1-3H3,(H,29,42)(H,30,38)(H,31,39)(H,32,40)(H,33,41)(H,34,35)(H,36,37)/t13-,17+,18+,19-,22+/m0/s1. The second-order valence-corrected chi connectivity index (χ2v) is 10.4. The van der Waals surface area contributed by atoms with Crippen molar-refractivity contribution < 1.29 is 43.8 Å². The molecular weight excluding hydrogens is 552 g/mol. The zero-order chi connectivity index (χ0) is 31.1. The van der Waals surface area contributed by atoms with Crippen LogP contribution < -0.4 is 26.6 Å². The van der Waals surface area contributed by atoms with Gasteiger partial charge in [0, 0.05) is 23.5 Å². The number of aromatic nitrogens is 1. The number of para-hydroxylation sites is 1. The zero-order valence-electron chi connectivity index (χ0n) is 23.2. The van der Waals surface area contributed by atoms with Crippen LogP contribution in [0, 0.1) is 5.92 Å². The highest BCUT2D eigenvalue weighted by molar-refractivity contribution is 5.99. The summed E-state index contributed by atoms with van der Waals surface area (Å²) >= 11 is 0. The molecule has 15 heteroatoms. The van der Waals surface area contributed by atoms with Crippen LogP contribution in [0.2, 0.25) is 0 Å². The molecule has 2 heterocycles. The number of aliphatic carboxylic acids is 2. The van der Waals surface area contributed by atoms with Crippen LogP contribution in [0.5, 0.6) is 0 Å². The highest BCUT2D eigenvalue weighted by atomic mass is 16.4. The molecule has 5 amide bonds. The largest absolute Gasteiger partial charge is 0.481 e. The molecule has 0 aliphatic carbocycles. The number of hydrogen-bond acceptors (Lipinski definition) is 7. The number of carbonyl (C=O) groups is 7. The van der Waals surface area contributed by atoms with Gasteiger partial charge in [-0.15, -0.1) is 0 Å². The van der Waals surface area contributed by atoms with Gasteiger partial charge in [-0.2, -0.15) is 0 Å². The number of amides is 5. The molecule has 0 saturated carbocycles. The van der Waals surface area contributed by atoms with Gasteiger partial charge in [0.15, 0.2) is 0 Å². The predicted molar refractivity (Wildman–Crippen MR) is 147 cm³/mol. The number of benzene rings is 1. The van der Waals surface area contributed by atoms with Crippen LogP contribution in [0.3, 0.4) is 0 Å². The maximum absolute atomic E-state index is 13.5. The van der Waals surface area contributed by atoms with Crippen molar-refractivity contribution in [2.45, 2.75) is 70.2 Å². The highest BCUT2D eigenvalue weighted by Gasteiger charge is 2.36. The number of nitrogens with one attached hydrogen (secondary N) is 6. The van der Waals surface area contributed by atoms with Gasteiger partial charge in [0.05, 0.1) is 12.8 Å². The second kappa shape index (κ2) is 13.6. The first-order chi connectivity index (χ1) is 19.8. The molecule has 0 spiro atoms. The minimum atomic E-state index is -1.73. The van der Waals surface area contributed by atoms with Crippen LogP contribution in [-0.4, -0.2) is 86.9 Å². The second-order valence-electron chi connectivity index (χ2n) is 10.4. The molecule has 1 aromatic heterocycles. The van der Waals surface area contributed by atoms with Crippen molar-refractivity contribution in [3.8, 4) is 0 Å². The normalized spacial score (nSPS) is 24.5. The third kappa shape index (κ3) is 8.05. The van der Waals surface area contributed by atoms with E-state index in [9.17, 15) is 43.8 Å². The van der Waals surface area contributed by atoms with Gasteiger partial charge < -0.3 is 41.8 Å². The van der Waals surface area contributed by atoms with Crippen LogP contribution in [0.4, 0.5) is 0 Å². The zero-order valence-corrected chi connectivity index (χ0v) is 23.2. The monoisotopic (exact) mass is 586 g/mol. The Labute approximate surface area is 240 Å². The van der Waals surface area contributed by atoms with Crippen molar-refractivity contribution in [1.29, 1.82) is 0 Å². The van der Waals surface area contributed by atoms with Crippen molar-refractivity contribution in [3.05, 3.63) is 36.0 Å². The van der Waals surface area contributed by atoms with Crippen molar-refractivity contribution in [2.75, 3.05) is 0 Å². The minimum Gasteiger partial charge on any atom is -0.481 e. The smallest absolute Gasteiger partial charge is 0.305 e. The van der Waals surface area contributed by atoms with Crippen molar-refractivity contribution in [3.63, 3.8) is 0 Å². The number of fused-ring (bicyclic) bond motifs is 1. The Kier molecular flexibility index (Phi) is 10.2. The molecule has 1 aliphatic rings. The summed E-state index contributed by atoms with van der Waals surface area (Å²) < 4.78 is 0. The topological polar surface area (TPSA) is 236 Å². The Hall–Kier alpha value is -4.95. The number of carboxylic acids is 2. The summed E-state index contributed by atoms with van der Waals surface area (Å²) in [6, 6.07) is 0.0522. The number of aromatic amines is 1. The van der Waals surface area contributed by atoms with Crippen LogP contribution >= 0.6 is 0 Å². The van der Waals surface area contributed by atoms with Gasteiger partial charge in [-0.1, -0.05) is 32.0 Å². The average Bonchev–Trinajstić information content (AvgIpc) is 3.31. The van der Waals surface area contributed by atoms with Gasteiger partial charge in [-0.05, 0) is 24.5 Å². The molecule has 1 fully saturated rings. The van der Waals surface area contributed by atoms with E-state index in [1.807, 2.05) is 12.1 Å². The fourth-order valence-corrected chi connectivity index (χ4v) is 4.50. The Morgan fingerprint density at radius 3 is 1.83 bits per heavy atom. The predicted octanol–water partition coefficient (Wildman–Crippen LogP) is -1.23. The molecule has 0 unspecified atom stereocenters. The van der Waals surface area contributed by atoms with Gasteiger partial charge in [-0.3, -0.25) is 33.6 Å². The lowest BCUT2D eigenvalue weighted by atomic mass is 10.0. The summed E-state index contributed by atoms with van der Waals surface area (Å²) in [5.41, 5.74) is 1.40. The SMILES string of the molecule is CC(C)[C@H]1NC(=O)[C@H](CC(=O)O)NC(=O)[C@@H](CC(=O)O)NC(=O)[C@@H](Cc2c[nH]c3ccccc23)NC(=O)[C@H](C)NC1=O. The van der Waals surface area contributed by atoms with E-state index in [1.54, 1.807) is 32.2 Å². The number of carboxylic acid groups (broad SMARTS) is 2. The number of rotatable bonds is 7. The van der Waals surface area contributed by atoms with E-state index >= 15 is 0 Å². The summed E-state index contributed by atoms with van der Waals surface area (Å²) in [6.07, 6.45) is -0.220. The van der Waals surface area contributed by atoms with E-state index in [-0.39, 0.29) is 6.42 Å². The van der Waals surface area contributed by atoms with E-state index in [1.165, 1.54) is 6.92 Å². The van der Waals surface area contributed by atoms with Crippen LogP contribution in [0.1, 0.15) is 39.2 Å². The molecule has 0 bridgehead atoms. The quantitative estimate of drug-likeness (QED) is 0.194. The van der Waals surface area contributed by atoms with Crippen molar-refractivity contribution >= 4 is 52.4 Å². The van der Waals surface area contributed by atoms with Crippen molar-refractivity contribution in [1.82, 2.24) is 31.6 Å². The van der Waals surface area contributed by atoms with Gasteiger partial charge in [0.2, 0.25) is 29.5 Å². The van der Waals surface area contributed by atoms with E-state index < -0.39 is 90.4 Å². The molecule has 5 atom stereocenters. The summed E-state index contributed by atoms with van der Waals surface area (Å²) in [7, 11) is 0. The molecule has 2 aromatic rings. The lowest BCUT2D eigenvalue weighted by Gasteiger charge is -2.26. The summed E-state index contributed by atoms with van der Waals surface area (Å²) in [4.78, 5) is 91.9. The van der Waals surface area contributed by atoms with E-state index in [2.05, 4.69) is 31.6 Å². The molecule has 0 radical (unpaired) electrons. The van der Waals surface area contributed by atoms with Crippen LogP contribution in [-0.2, 0) is 40.0 Å². The van der Waals surface area contributed by atoms with Gasteiger partial charge in [0.25, 0.3) is 0 Å². The maximum atomic E-state index is 13.5. The molecule has 15 nitrogen and oxygen atoms in total. The Morgan fingerprint density at radius 1 is 0.738 bits per heavy atom. The number of H-pyrrole nitrogens is 1. The first kappa shape index (κ1) is 31.6. The average molecular weight is 587 g/mol. The maximum Gasteiger partial charge on any atom is 0.305 e. The first-order valence-electron chi connectivity index (χ1n) is 13.3. The third-order valence-corrected chi connectivity index (χ3v) is 6.75. The van der Waals surface area contributed by atoms with E-state index in [0.29, 0.717) is 5.56 Å². The molecule has 3 rings (SSSR count). The molecule has 226 valence electrons. The lowest BCUT2D eigenvalue weighted by molar-refractivity contribution is -0.143. The van der Waals surface area contributed by atoms with Crippen molar-refractivity contribution in [2.24, 2.45) is 5.92 Å². The fourth-order valence-electron chi connectivity index (χ4n) is 4.50. The van der Waals surface area contributed by atoms with Crippen LogP contribution in [0.15, 0.2) is 30.5 Å². The summed E-state index contributed by atoms with van der Waals surface area (Å²) in [5, 5.41) is 31.5. The molecule has 8 N–H and O–H groups in total. The van der Waals surface area contributed by atoms with Gasteiger partial charge >= 0.3 is 11.9 Å². The molecule has 42 heavy (non-hydrogen) atoms. The van der Waals surface area contributed by atoms with E-state index in [4.69, 9.17) is 0 Å². The molecule has 1 aliphatic heterocycles. The summed E-state index contributed by atoms with van der Waals surface area (Å²) in [5.74, 6) is -8.02. The van der Waals surface area contributed by atoms with Crippen LogP contribution in [0.25, 0.3) is 10.9 Å². The molecule has 1 aromatic carbocycles. The molecular formula is C27H34N6O9. The highest BCUT2D eigenvalue weighted by Crippen LogP contribution is 2.19. The number of hydrogen-bond donors (Lipinski definition) is 8. The summed E-state index contributed by atoms with van der Waals surface area (Å²) in [6.45, 7) is 4.59.